The first-order valence-corrected chi connectivity index (χ1v) is 13.7. The van der Waals surface area contributed by atoms with E-state index in [4.69, 9.17) is 16.3 Å². The third-order valence-electron chi connectivity index (χ3n) is 6.89. The van der Waals surface area contributed by atoms with Gasteiger partial charge in [0.15, 0.2) is 5.69 Å². The molecule has 4 aromatic rings. The van der Waals surface area contributed by atoms with Crippen LogP contribution < -0.4 is 10.9 Å². The van der Waals surface area contributed by atoms with Crippen molar-refractivity contribution in [2.75, 3.05) is 25.5 Å². The second kappa shape index (κ2) is 13.9. The van der Waals surface area contributed by atoms with E-state index in [-0.39, 0.29) is 41.5 Å². The summed E-state index contributed by atoms with van der Waals surface area (Å²) in [6.45, 7) is 1.39. The predicted molar refractivity (Wildman–Crippen MR) is 155 cm³/mol. The fraction of sp³-hybridized carbons (Fsp3) is 0.267. The third kappa shape index (κ3) is 7.34. The molecule has 1 N–H and O–H groups in total. The van der Waals surface area contributed by atoms with Crippen molar-refractivity contribution >= 4 is 29.6 Å². The zero-order chi connectivity index (χ0) is 32.0. The highest BCUT2D eigenvalue weighted by Gasteiger charge is 2.40. The first kappa shape index (κ1) is 32.4. The van der Waals surface area contributed by atoms with E-state index >= 15 is 4.39 Å². The molecule has 232 valence electrons. The van der Waals surface area contributed by atoms with E-state index in [0.29, 0.717) is 18.5 Å². The Morgan fingerprint density at radius 3 is 2.39 bits per heavy atom. The summed E-state index contributed by atoms with van der Waals surface area (Å²) >= 11 is 5.93. The van der Waals surface area contributed by atoms with Crippen LogP contribution in [0, 0.1) is 5.82 Å². The van der Waals surface area contributed by atoms with Crippen molar-refractivity contribution in [1.82, 2.24) is 19.2 Å². The number of alkyl halides is 3. The molecule has 0 bridgehead atoms. The number of methoxy groups -OCH3 is 1. The number of carbonyl (C=O) groups is 2. The van der Waals surface area contributed by atoms with Crippen molar-refractivity contribution in [3.05, 3.63) is 116 Å². The van der Waals surface area contributed by atoms with Gasteiger partial charge in [0.2, 0.25) is 6.41 Å². The monoisotopic (exact) mass is 633 g/mol. The summed E-state index contributed by atoms with van der Waals surface area (Å²) in [5.74, 6) is -1.90. The van der Waals surface area contributed by atoms with Gasteiger partial charge in [-0.1, -0.05) is 41.9 Å². The minimum atomic E-state index is -4.94. The van der Waals surface area contributed by atoms with E-state index in [9.17, 15) is 27.6 Å². The largest absolute Gasteiger partial charge is 0.435 e. The molecule has 9 nitrogen and oxygen atoms in total. The molecule has 0 aliphatic rings. The Labute approximate surface area is 254 Å². The summed E-state index contributed by atoms with van der Waals surface area (Å²) in [6.07, 6.45) is -3.13. The summed E-state index contributed by atoms with van der Waals surface area (Å²) in [5.41, 5.74) is -0.933. The molecule has 0 fully saturated rings. The molecule has 0 radical (unpaired) electrons. The molecule has 2 aromatic heterocycles. The third-order valence-corrected chi connectivity index (χ3v) is 7.18. The van der Waals surface area contributed by atoms with Crippen LogP contribution in [0.15, 0.2) is 71.8 Å². The van der Waals surface area contributed by atoms with Crippen molar-refractivity contribution in [3.8, 4) is 0 Å². The molecule has 2 heterocycles. The smallest absolute Gasteiger partial charge is 0.375 e. The Morgan fingerprint density at radius 2 is 1.80 bits per heavy atom. The number of anilines is 1. The number of halogens is 5. The number of ether oxygens (including phenoxy) is 1. The molecular formula is C30H28ClF4N5O4. The minimum Gasteiger partial charge on any atom is -0.375 e. The van der Waals surface area contributed by atoms with Crippen LogP contribution in [-0.4, -0.2) is 51.8 Å². The number of pyridine rings is 1. The predicted octanol–water partition coefficient (Wildman–Crippen LogP) is 5.37. The molecule has 4 rings (SSSR count). The van der Waals surface area contributed by atoms with E-state index in [1.54, 1.807) is 49.5 Å². The fourth-order valence-electron chi connectivity index (χ4n) is 4.67. The van der Waals surface area contributed by atoms with Crippen LogP contribution in [0.4, 0.5) is 23.2 Å². The molecule has 0 spiro atoms. The lowest BCUT2D eigenvalue weighted by Crippen LogP contribution is -2.36. The zero-order valence-corrected chi connectivity index (χ0v) is 24.4. The molecule has 0 saturated heterocycles. The van der Waals surface area contributed by atoms with Crippen molar-refractivity contribution in [2.45, 2.75) is 32.3 Å². The number of aromatic nitrogens is 3. The van der Waals surface area contributed by atoms with Crippen molar-refractivity contribution in [2.24, 2.45) is 0 Å². The van der Waals surface area contributed by atoms with Gasteiger partial charge in [0.1, 0.15) is 11.9 Å². The lowest BCUT2D eigenvalue weighted by Gasteiger charge is -2.27. The van der Waals surface area contributed by atoms with E-state index in [1.807, 2.05) is 0 Å². The average molecular weight is 634 g/mol. The number of carbonyl (C=O) groups excluding carboxylic acids is 2. The molecule has 44 heavy (non-hydrogen) atoms. The highest BCUT2D eigenvalue weighted by molar-refractivity contribution is 6.30. The zero-order valence-electron chi connectivity index (χ0n) is 23.6. The number of rotatable bonds is 12. The summed E-state index contributed by atoms with van der Waals surface area (Å²) in [6, 6.07) is 14.3. The first-order chi connectivity index (χ1) is 21.0. The second-order valence-corrected chi connectivity index (χ2v) is 10.1. The topological polar surface area (TPSA) is 98.5 Å². The Kier molecular flexibility index (Phi) is 10.2. The summed E-state index contributed by atoms with van der Waals surface area (Å²) in [7, 11) is 1.23. The van der Waals surface area contributed by atoms with Gasteiger partial charge >= 0.3 is 6.18 Å². The number of hydrogen-bond acceptors (Lipinski definition) is 5. The highest BCUT2D eigenvalue weighted by Crippen LogP contribution is 2.35. The number of likely N-dealkylation sites (N-methyl/N-ethyl adjacent to an activating group) is 1. The Balaban J connectivity index is 1.58. The van der Waals surface area contributed by atoms with Gasteiger partial charge < -0.3 is 19.5 Å². The van der Waals surface area contributed by atoms with Crippen LogP contribution in [-0.2, 0) is 28.8 Å². The molecule has 0 aliphatic carbocycles. The molecule has 14 heteroatoms. The highest BCUT2D eigenvalue weighted by atomic mass is 35.5. The number of nitrogens with one attached hydrogen (secondary N) is 1. The van der Waals surface area contributed by atoms with Crippen LogP contribution in [0.25, 0.3) is 0 Å². The van der Waals surface area contributed by atoms with Crippen LogP contribution >= 0.6 is 11.6 Å². The molecule has 1 unspecified atom stereocenters. The van der Waals surface area contributed by atoms with Crippen LogP contribution in [0.5, 0.6) is 0 Å². The lowest BCUT2D eigenvalue weighted by molar-refractivity contribution is -0.141. The quantitative estimate of drug-likeness (QED) is 0.167. The van der Waals surface area contributed by atoms with Crippen LogP contribution in [0.3, 0.4) is 0 Å². The molecule has 0 aliphatic heterocycles. The van der Waals surface area contributed by atoms with Crippen molar-refractivity contribution in [1.29, 1.82) is 0 Å². The standard InChI is InChI=1S/C30H28ClF4N5O4/c1-3-38(17-24(44-2)26-23(36-18-41)12-11-22(31)27(26)32)29(43)21-16-40(37-28(21)30(33,34)35)15-20-9-7-19(8-10-20)14-39-13-5-4-6-25(39)42/h4-13,16,18,24H,3,14-15,17H2,1-2H3,(H,36,41). The van der Waals surface area contributed by atoms with Gasteiger partial charge in [-0.15, -0.1) is 0 Å². The lowest BCUT2D eigenvalue weighted by atomic mass is 10.0. The van der Waals surface area contributed by atoms with Crippen molar-refractivity contribution in [3.63, 3.8) is 0 Å². The molecule has 1 atom stereocenters. The van der Waals surface area contributed by atoms with Gasteiger partial charge in [-0.3, -0.25) is 19.1 Å². The number of nitrogens with zero attached hydrogens (tertiary/aromatic N) is 4. The molecule has 2 amide bonds. The normalized spacial score (nSPS) is 12.2. The van der Waals surface area contributed by atoms with E-state index < -0.39 is 35.3 Å². The van der Waals surface area contributed by atoms with Gasteiger partial charge in [-0.05, 0) is 36.2 Å². The van der Waals surface area contributed by atoms with Gasteiger partial charge in [0, 0.05) is 43.4 Å². The summed E-state index contributed by atoms with van der Waals surface area (Å²) in [5, 5.41) is 5.76. The number of benzene rings is 2. The first-order valence-electron chi connectivity index (χ1n) is 13.3. The summed E-state index contributed by atoms with van der Waals surface area (Å²) < 4.78 is 65.1. The maximum absolute atomic E-state index is 15.0. The van der Waals surface area contributed by atoms with Crippen LogP contribution in [0.1, 0.15) is 45.8 Å². The maximum Gasteiger partial charge on any atom is 0.435 e. The van der Waals surface area contributed by atoms with E-state index in [2.05, 4.69) is 10.4 Å². The minimum absolute atomic E-state index is 0.0305. The molecule has 0 saturated carbocycles. The Hall–Kier alpha value is -4.49. The Bertz CT molecular complexity index is 1690. The summed E-state index contributed by atoms with van der Waals surface area (Å²) in [4.78, 5) is 37.6. The van der Waals surface area contributed by atoms with Gasteiger partial charge in [-0.25, -0.2) is 4.39 Å². The van der Waals surface area contributed by atoms with Crippen LogP contribution in [0.2, 0.25) is 5.02 Å². The van der Waals surface area contributed by atoms with E-state index in [1.165, 1.54) is 29.9 Å². The van der Waals surface area contributed by atoms with Gasteiger partial charge in [0.25, 0.3) is 11.5 Å². The van der Waals surface area contributed by atoms with Gasteiger partial charge in [0.05, 0.1) is 30.2 Å². The fourth-order valence-corrected chi connectivity index (χ4v) is 4.84. The molecular weight excluding hydrogens is 606 g/mol. The maximum atomic E-state index is 15.0. The number of hydrogen-bond donors (Lipinski definition) is 1. The Morgan fingerprint density at radius 1 is 1.11 bits per heavy atom. The SMILES string of the molecule is CCN(CC(OC)c1c(NC=O)ccc(Cl)c1F)C(=O)c1cn(Cc2ccc(Cn3ccccc3=O)cc2)nc1C(F)(F)F. The van der Waals surface area contributed by atoms with Crippen molar-refractivity contribution < 1.29 is 31.9 Å². The average Bonchev–Trinajstić information content (AvgIpc) is 3.43. The number of amides is 2. The van der Waals surface area contributed by atoms with E-state index in [0.717, 1.165) is 21.3 Å². The second-order valence-electron chi connectivity index (χ2n) is 9.72. The van der Waals surface area contributed by atoms with Gasteiger partial charge in [-0.2, -0.15) is 18.3 Å². The molecule has 2 aromatic carbocycles.